The van der Waals surface area contributed by atoms with E-state index in [9.17, 15) is 0 Å². The molecule has 0 saturated carbocycles. The van der Waals surface area contributed by atoms with Crippen molar-refractivity contribution in [1.29, 1.82) is 0 Å². The summed E-state index contributed by atoms with van der Waals surface area (Å²) in [6.07, 6.45) is 8.41. The predicted molar refractivity (Wildman–Crippen MR) is 79.3 cm³/mol. The number of ether oxygens (including phenoxy) is 1. The molecule has 1 fully saturated rings. The van der Waals surface area contributed by atoms with Crippen LogP contribution in [0.25, 0.3) is 11.1 Å². The normalized spacial score (nSPS) is 19.1. The van der Waals surface area contributed by atoms with Gasteiger partial charge in [0.05, 0.1) is 6.20 Å². The number of hydrogen-bond donors (Lipinski definition) is 1. The van der Waals surface area contributed by atoms with Crippen molar-refractivity contribution in [3.05, 3.63) is 42.2 Å². The predicted octanol–water partition coefficient (Wildman–Crippen LogP) is 2.75. The summed E-state index contributed by atoms with van der Waals surface area (Å²) in [5.74, 6) is 0. The standard InChI is InChI=1S/C16H21N3O/c17-9-8-13-5-1-2-6-15(13)14-11-18-19(12-14)16-7-3-4-10-20-16/h1-2,5-6,11-12,16H,3-4,7-10,17H2. The van der Waals surface area contributed by atoms with E-state index in [0.29, 0.717) is 6.54 Å². The molecule has 3 rings (SSSR count). The zero-order chi connectivity index (χ0) is 13.8. The molecule has 1 aromatic heterocycles. The van der Waals surface area contributed by atoms with Gasteiger partial charge < -0.3 is 10.5 Å². The molecule has 2 N–H and O–H groups in total. The summed E-state index contributed by atoms with van der Waals surface area (Å²) in [6, 6.07) is 8.39. The summed E-state index contributed by atoms with van der Waals surface area (Å²) in [6.45, 7) is 1.50. The number of nitrogens with zero attached hydrogens (tertiary/aromatic N) is 2. The van der Waals surface area contributed by atoms with Crippen LogP contribution in [0.2, 0.25) is 0 Å². The van der Waals surface area contributed by atoms with Crippen LogP contribution in [0, 0.1) is 0 Å². The van der Waals surface area contributed by atoms with E-state index in [1.54, 1.807) is 0 Å². The minimum atomic E-state index is 0.0965. The fraction of sp³-hybridized carbons (Fsp3) is 0.438. The Morgan fingerprint density at radius 3 is 3.00 bits per heavy atom. The van der Waals surface area contributed by atoms with Gasteiger partial charge in [0.15, 0.2) is 0 Å². The Morgan fingerprint density at radius 1 is 1.30 bits per heavy atom. The number of rotatable bonds is 4. The Hall–Kier alpha value is -1.65. The highest BCUT2D eigenvalue weighted by Crippen LogP contribution is 2.27. The number of aromatic nitrogens is 2. The number of hydrogen-bond acceptors (Lipinski definition) is 3. The Kier molecular flexibility index (Phi) is 4.14. The van der Waals surface area contributed by atoms with E-state index in [1.165, 1.54) is 17.5 Å². The highest BCUT2D eigenvalue weighted by atomic mass is 16.5. The molecule has 1 saturated heterocycles. The van der Waals surface area contributed by atoms with Crippen LogP contribution in [-0.4, -0.2) is 22.9 Å². The second-order valence-corrected chi connectivity index (χ2v) is 5.23. The molecule has 106 valence electrons. The highest BCUT2D eigenvalue weighted by Gasteiger charge is 2.17. The van der Waals surface area contributed by atoms with E-state index < -0.39 is 0 Å². The zero-order valence-electron chi connectivity index (χ0n) is 11.7. The lowest BCUT2D eigenvalue weighted by Gasteiger charge is -2.22. The summed E-state index contributed by atoms with van der Waals surface area (Å²) < 4.78 is 7.72. The molecule has 0 amide bonds. The minimum Gasteiger partial charge on any atom is -0.357 e. The van der Waals surface area contributed by atoms with Crippen molar-refractivity contribution in [2.24, 2.45) is 5.73 Å². The third-order valence-electron chi connectivity index (χ3n) is 3.79. The van der Waals surface area contributed by atoms with Crippen LogP contribution in [-0.2, 0) is 11.2 Å². The fourth-order valence-electron chi connectivity index (χ4n) is 2.74. The van der Waals surface area contributed by atoms with Gasteiger partial charge in [-0.3, -0.25) is 0 Å². The van der Waals surface area contributed by atoms with Crippen molar-refractivity contribution < 1.29 is 4.74 Å². The topological polar surface area (TPSA) is 53.1 Å². The maximum Gasteiger partial charge on any atom is 0.150 e. The van der Waals surface area contributed by atoms with Gasteiger partial charge in [-0.05, 0) is 43.4 Å². The first-order valence-corrected chi connectivity index (χ1v) is 7.32. The number of benzene rings is 1. The van der Waals surface area contributed by atoms with E-state index >= 15 is 0 Å². The third-order valence-corrected chi connectivity index (χ3v) is 3.79. The van der Waals surface area contributed by atoms with Crippen molar-refractivity contribution in [3.63, 3.8) is 0 Å². The van der Waals surface area contributed by atoms with E-state index in [4.69, 9.17) is 10.5 Å². The smallest absolute Gasteiger partial charge is 0.150 e. The quantitative estimate of drug-likeness (QED) is 0.930. The fourth-order valence-corrected chi connectivity index (χ4v) is 2.74. The molecule has 2 aromatic rings. The molecule has 4 nitrogen and oxygen atoms in total. The Morgan fingerprint density at radius 2 is 2.20 bits per heavy atom. The molecule has 1 aromatic carbocycles. The van der Waals surface area contributed by atoms with Crippen molar-refractivity contribution >= 4 is 0 Å². The van der Waals surface area contributed by atoms with Crippen LogP contribution in [0.5, 0.6) is 0 Å². The van der Waals surface area contributed by atoms with Crippen LogP contribution in [0.1, 0.15) is 31.1 Å². The van der Waals surface area contributed by atoms with Crippen molar-refractivity contribution in [2.75, 3.05) is 13.2 Å². The summed E-state index contributed by atoms with van der Waals surface area (Å²) in [5.41, 5.74) is 9.33. The number of nitrogens with two attached hydrogens (primary N) is 1. The molecule has 2 heterocycles. The largest absolute Gasteiger partial charge is 0.357 e. The molecule has 4 heteroatoms. The Bertz CT molecular complexity index is 558. The first-order valence-electron chi connectivity index (χ1n) is 7.32. The molecule has 1 atom stereocenters. The van der Waals surface area contributed by atoms with Gasteiger partial charge in [0.1, 0.15) is 6.23 Å². The van der Waals surface area contributed by atoms with Crippen LogP contribution < -0.4 is 5.73 Å². The average molecular weight is 271 g/mol. The second-order valence-electron chi connectivity index (χ2n) is 5.23. The van der Waals surface area contributed by atoms with Gasteiger partial charge in [-0.1, -0.05) is 24.3 Å². The molecule has 0 aliphatic carbocycles. The average Bonchev–Trinajstić information content (AvgIpc) is 2.99. The van der Waals surface area contributed by atoms with Gasteiger partial charge in [0, 0.05) is 18.4 Å². The molecule has 1 aliphatic rings. The lowest BCUT2D eigenvalue weighted by molar-refractivity contribution is -0.0394. The molecule has 0 spiro atoms. The maximum absolute atomic E-state index is 5.77. The van der Waals surface area contributed by atoms with E-state index in [2.05, 4.69) is 35.6 Å². The molecule has 0 radical (unpaired) electrons. The van der Waals surface area contributed by atoms with Crippen molar-refractivity contribution in [2.45, 2.75) is 31.9 Å². The van der Waals surface area contributed by atoms with Crippen LogP contribution in [0.3, 0.4) is 0 Å². The molecular formula is C16H21N3O. The van der Waals surface area contributed by atoms with Gasteiger partial charge >= 0.3 is 0 Å². The Labute approximate surface area is 119 Å². The molecular weight excluding hydrogens is 250 g/mol. The van der Waals surface area contributed by atoms with E-state index in [0.717, 1.165) is 31.4 Å². The maximum atomic E-state index is 5.77. The second kappa shape index (κ2) is 6.20. The monoisotopic (exact) mass is 271 g/mol. The van der Waals surface area contributed by atoms with Crippen molar-refractivity contribution in [3.8, 4) is 11.1 Å². The Balaban J connectivity index is 1.86. The minimum absolute atomic E-state index is 0.0965. The lowest BCUT2D eigenvalue weighted by Crippen LogP contribution is -2.18. The summed E-state index contributed by atoms with van der Waals surface area (Å²) in [4.78, 5) is 0. The van der Waals surface area contributed by atoms with E-state index in [-0.39, 0.29) is 6.23 Å². The van der Waals surface area contributed by atoms with E-state index in [1.807, 2.05) is 10.9 Å². The van der Waals surface area contributed by atoms with Gasteiger partial charge in [-0.15, -0.1) is 0 Å². The van der Waals surface area contributed by atoms with Gasteiger partial charge in [0.2, 0.25) is 0 Å². The highest BCUT2D eigenvalue weighted by molar-refractivity contribution is 5.66. The first-order chi connectivity index (χ1) is 9.88. The summed E-state index contributed by atoms with van der Waals surface area (Å²) in [5, 5.41) is 4.48. The van der Waals surface area contributed by atoms with Crippen molar-refractivity contribution in [1.82, 2.24) is 9.78 Å². The zero-order valence-corrected chi connectivity index (χ0v) is 11.7. The summed E-state index contributed by atoms with van der Waals surface area (Å²) >= 11 is 0. The lowest BCUT2D eigenvalue weighted by atomic mass is 10.0. The molecule has 1 unspecified atom stereocenters. The first kappa shape index (κ1) is 13.3. The molecule has 20 heavy (non-hydrogen) atoms. The van der Waals surface area contributed by atoms with Gasteiger partial charge in [0.25, 0.3) is 0 Å². The van der Waals surface area contributed by atoms with Crippen LogP contribution in [0.4, 0.5) is 0 Å². The van der Waals surface area contributed by atoms with Crippen LogP contribution >= 0.6 is 0 Å². The third kappa shape index (κ3) is 2.76. The van der Waals surface area contributed by atoms with Gasteiger partial charge in [-0.2, -0.15) is 5.10 Å². The van der Waals surface area contributed by atoms with Crippen LogP contribution in [0.15, 0.2) is 36.7 Å². The van der Waals surface area contributed by atoms with Gasteiger partial charge in [-0.25, -0.2) is 4.68 Å². The SMILES string of the molecule is NCCc1ccccc1-c1cnn(C2CCCCO2)c1. The molecule has 1 aliphatic heterocycles. The summed E-state index contributed by atoms with van der Waals surface area (Å²) in [7, 11) is 0. The molecule has 0 bridgehead atoms.